The first-order valence-electron chi connectivity index (χ1n) is 4.41. The van der Waals surface area contributed by atoms with Gasteiger partial charge in [-0.3, -0.25) is 0 Å². The number of hydrogen-bond acceptors (Lipinski definition) is 1. The first-order chi connectivity index (χ1) is 7.59. The van der Waals surface area contributed by atoms with Crippen LogP contribution in [-0.2, 0) is 0 Å². The maximum Gasteiger partial charge on any atom is 0.159 e. The van der Waals surface area contributed by atoms with E-state index < -0.39 is 11.6 Å². The minimum atomic E-state index is -0.825. The number of alkyl halides is 1. The second-order valence-corrected chi connectivity index (χ2v) is 5.89. The van der Waals surface area contributed by atoms with Gasteiger partial charge in [0.2, 0.25) is 0 Å². The SMILES string of the molecule is Fc1ccc(C(Br)c2sccc2Br)cc1F. The Morgan fingerprint density at radius 2 is 1.88 bits per heavy atom. The molecule has 1 heterocycles. The quantitative estimate of drug-likeness (QED) is 0.634. The first-order valence-corrected chi connectivity index (χ1v) is 7.00. The largest absolute Gasteiger partial charge is 0.204 e. The minimum Gasteiger partial charge on any atom is -0.204 e. The van der Waals surface area contributed by atoms with Crippen LogP contribution in [0.5, 0.6) is 0 Å². The number of benzene rings is 1. The molecule has 1 unspecified atom stereocenters. The summed E-state index contributed by atoms with van der Waals surface area (Å²) in [5, 5.41) is 1.94. The van der Waals surface area contributed by atoms with Crippen LogP contribution in [0.25, 0.3) is 0 Å². The van der Waals surface area contributed by atoms with Gasteiger partial charge < -0.3 is 0 Å². The highest BCUT2D eigenvalue weighted by molar-refractivity contribution is 9.11. The summed E-state index contributed by atoms with van der Waals surface area (Å²) in [5.74, 6) is -1.65. The molecular formula is C11H6Br2F2S. The van der Waals surface area contributed by atoms with E-state index in [1.807, 2.05) is 11.4 Å². The molecule has 84 valence electrons. The van der Waals surface area contributed by atoms with Crippen molar-refractivity contribution in [1.82, 2.24) is 0 Å². The van der Waals surface area contributed by atoms with Gasteiger partial charge in [0.15, 0.2) is 11.6 Å². The van der Waals surface area contributed by atoms with Gasteiger partial charge in [0, 0.05) is 9.35 Å². The molecule has 0 spiro atoms. The lowest BCUT2D eigenvalue weighted by atomic mass is 10.1. The highest BCUT2D eigenvalue weighted by atomic mass is 79.9. The minimum absolute atomic E-state index is 0.128. The van der Waals surface area contributed by atoms with Crippen LogP contribution in [0.3, 0.4) is 0 Å². The third-order valence-corrected chi connectivity index (χ3v) is 5.34. The van der Waals surface area contributed by atoms with Crippen LogP contribution in [0.15, 0.2) is 34.1 Å². The standard InChI is InChI=1S/C11H6Br2F2S/c12-7-3-4-16-11(7)10(13)6-1-2-8(14)9(15)5-6/h1-5,10H. The molecule has 0 bridgehead atoms. The van der Waals surface area contributed by atoms with Gasteiger partial charge in [-0.15, -0.1) is 11.3 Å². The summed E-state index contributed by atoms with van der Waals surface area (Å²) >= 11 is 8.44. The van der Waals surface area contributed by atoms with Gasteiger partial charge in [-0.25, -0.2) is 8.78 Å². The number of thiophene rings is 1. The molecule has 0 aliphatic rings. The summed E-state index contributed by atoms with van der Waals surface area (Å²) < 4.78 is 26.8. The molecule has 0 fully saturated rings. The molecule has 1 aromatic heterocycles. The Morgan fingerprint density at radius 3 is 2.44 bits per heavy atom. The number of halogens is 4. The van der Waals surface area contributed by atoms with Crippen molar-refractivity contribution in [2.45, 2.75) is 4.83 Å². The Kier molecular flexibility index (Phi) is 3.77. The van der Waals surface area contributed by atoms with Crippen LogP contribution < -0.4 is 0 Å². The van der Waals surface area contributed by atoms with Crippen molar-refractivity contribution in [2.24, 2.45) is 0 Å². The molecule has 2 aromatic rings. The molecule has 1 atom stereocenters. The predicted molar refractivity (Wildman–Crippen MR) is 69.1 cm³/mol. The van der Waals surface area contributed by atoms with Gasteiger partial charge in [0.25, 0.3) is 0 Å². The predicted octanol–water partition coefficient (Wildman–Crippen LogP) is 5.27. The lowest BCUT2D eigenvalue weighted by Gasteiger charge is -2.09. The van der Waals surface area contributed by atoms with Crippen LogP contribution in [0.2, 0.25) is 0 Å². The van der Waals surface area contributed by atoms with Crippen molar-refractivity contribution in [3.63, 3.8) is 0 Å². The summed E-state index contributed by atoms with van der Waals surface area (Å²) in [6.07, 6.45) is 0. The fourth-order valence-electron chi connectivity index (χ4n) is 1.31. The smallest absolute Gasteiger partial charge is 0.159 e. The maximum absolute atomic E-state index is 13.1. The van der Waals surface area contributed by atoms with Gasteiger partial charge in [-0.2, -0.15) is 0 Å². The van der Waals surface area contributed by atoms with Crippen molar-refractivity contribution in [3.8, 4) is 0 Å². The van der Waals surface area contributed by atoms with Gasteiger partial charge in [-0.05, 0) is 45.1 Å². The van der Waals surface area contributed by atoms with Crippen LogP contribution in [0.1, 0.15) is 15.3 Å². The molecule has 0 saturated carbocycles. The zero-order chi connectivity index (χ0) is 11.7. The molecule has 16 heavy (non-hydrogen) atoms. The molecular weight excluding hydrogens is 362 g/mol. The van der Waals surface area contributed by atoms with E-state index in [2.05, 4.69) is 31.9 Å². The second kappa shape index (κ2) is 4.94. The Morgan fingerprint density at radius 1 is 1.12 bits per heavy atom. The second-order valence-electron chi connectivity index (χ2n) is 3.17. The zero-order valence-corrected chi connectivity index (χ0v) is 11.9. The Balaban J connectivity index is 2.38. The molecule has 0 N–H and O–H groups in total. The lowest BCUT2D eigenvalue weighted by Crippen LogP contribution is -1.93. The van der Waals surface area contributed by atoms with Crippen LogP contribution in [-0.4, -0.2) is 0 Å². The van der Waals surface area contributed by atoms with Gasteiger partial charge >= 0.3 is 0 Å². The monoisotopic (exact) mass is 366 g/mol. The van der Waals surface area contributed by atoms with Gasteiger partial charge in [0.05, 0.1) is 4.83 Å². The summed E-state index contributed by atoms with van der Waals surface area (Å²) in [6.45, 7) is 0. The summed E-state index contributed by atoms with van der Waals surface area (Å²) in [6, 6.07) is 5.85. The molecule has 0 aliphatic carbocycles. The highest BCUT2D eigenvalue weighted by Crippen LogP contribution is 2.39. The zero-order valence-electron chi connectivity index (χ0n) is 7.88. The first kappa shape index (κ1) is 12.2. The van der Waals surface area contributed by atoms with Crippen LogP contribution in [0, 0.1) is 11.6 Å². The van der Waals surface area contributed by atoms with Crippen LogP contribution in [0.4, 0.5) is 8.78 Å². The number of rotatable bonds is 2. The summed E-state index contributed by atoms with van der Waals surface area (Å²) in [7, 11) is 0. The van der Waals surface area contributed by atoms with E-state index in [0.29, 0.717) is 5.56 Å². The highest BCUT2D eigenvalue weighted by Gasteiger charge is 2.16. The lowest BCUT2D eigenvalue weighted by molar-refractivity contribution is 0.507. The average molecular weight is 368 g/mol. The average Bonchev–Trinajstić information content (AvgIpc) is 2.67. The van der Waals surface area contributed by atoms with Crippen molar-refractivity contribution in [3.05, 3.63) is 56.2 Å². The van der Waals surface area contributed by atoms with E-state index in [1.54, 1.807) is 17.4 Å². The van der Waals surface area contributed by atoms with Gasteiger partial charge in [-0.1, -0.05) is 22.0 Å². The topological polar surface area (TPSA) is 0 Å². The van der Waals surface area contributed by atoms with Crippen LogP contribution >= 0.6 is 43.2 Å². The molecule has 5 heteroatoms. The third kappa shape index (κ3) is 2.36. The molecule has 0 saturated heterocycles. The molecule has 0 nitrogen and oxygen atoms in total. The maximum atomic E-state index is 13.1. The van der Waals surface area contributed by atoms with Crippen molar-refractivity contribution >= 4 is 43.2 Å². The molecule has 2 rings (SSSR count). The molecule has 0 aliphatic heterocycles. The molecule has 0 radical (unpaired) electrons. The van der Waals surface area contributed by atoms with Gasteiger partial charge in [0.1, 0.15) is 0 Å². The molecule has 0 amide bonds. The Bertz CT molecular complexity index is 510. The number of hydrogen-bond donors (Lipinski definition) is 0. The van der Waals surface area contributed by atoms with E-state index in [4.69, 9.17) is 0 Å². The fraction of sp³-hybridized carbons (Fsp3) is 0.0909. The summed E-state index contributed by atoms with van der Waals surface area (Å²) in [4.78, 5) is 0.906. The Labute approximate surface area is 113 Å². The van der Waals surface area contributed by atoms with Crippen molar-refractivity contribution < 1.29 is 8.78 Å². The van der Waals surface area contributed by atoms with E-state index in [1.165, 1.54) is 6.07 Å². The van der Waals surface area contributed by atoms with E-state index in [9.17, 15) is 8.78 Å². The van der Waals surface area contributed by atoms with E-state index in [-0.39, 0.29) is 4.83 Å². The molecule has 1 aromatic carbocycles. The fourth-order valence-corrected chi connectivity index (χ4v) is 4.07. The Hall–Kier alpha value is -0.260. The third-order valence-electron chi connectivity index (χ3n) is 2.11. The van der Waals surface area contributed by atoms with E-state index >= 15 is 0 Å². The van der Waals surface area contributed by atoms with Crippen molar-refractivity contribution in [1.29, 1.82) is 0 Å². The summed E-state index contributed by atoms with van der Waals surface area (Å²) in [5.41, 5.74) is 0.696. The van der Waals surface area contributed by atoms with Crippen molar-refractivity contribution in [2.75, 3.05) is 0 Å². The van der Waals surface area contributed by atoms with E-state index in [0.717, 1.165) is 15.4 Å². The normalized spacial score (nSPS) is 12.8.